The molecule has 20 heavy (non-hydrogen) atoms. The van der Waals surface area contributed by atoms with E-state index in [4.69, 9.17) is 9.47 Å². The summed E-state index contributed by atoms with van der Waals surface area (Å²) in [5, 5.41) is 0. The van der Waals surface area contributed by atoms with Crippen molar-refractivity contribution in [3.63, 3.8) is 0 Å². The third-order valence-corrected chi connectivity index (χ3v) is 2.66. The van der Waals surface area contributed by atoms with E-state index in [0.29, 0.717) is 24.4 Å². The maximum atomic E-state index is 11.1. The van der Waals surface area contributed by atoms with Crippen molar-refractivity contribution in [3.05, 3.63) is 42.0 Å². The Hall–Kier alpha value is -2.10. The first kappa shape index (κ1) is 16.0. The number of rotatable bonds is 9. The average molecular weight is 276 g/mol. The van der Waals surface area contributed by atoms with E-state index in [0.717, 1.165) is 31.3 Å². The highest BCUT2D eigenvalue weighted by molar-refractivity contribution is 5.86. The van der Waals surface area contributed by atoms with E-state index in [1.54, 1.807) is 31.2 Å². The predicted octanol–water partition coefficient (Wildman–Crippen LogP) is 3.17. The quantitative estimate of drug-likeness (QED) is 0.301. The van der Waals surface area contributed by atoms with Crippen LogP contribution < -0.4 is 4.74 Å². The first-order valence-corrected chi connectivity index (χ1v) is 6.64. The Balaban J connectivity index is 2.05. The lowest BCUT2D eigenvalue weighted by Gasteiger charge is -2.06. The molecule has 4 heteroatoms. The fourth-order valence-corrected chi connectivity index (χ4v) is 1.50. The number of carbonyl (C=O) groups excluding carboxylic acids is 2. The van der Waals surface area contributed by atoms with Gasteiger partial charge in [-0.25, -0.2) is 4.79 Å². The van der Waals surface area contributed by atoms with Crippen LogP contribution in [0.2, 0.25) is 0 Å². The Labute approximate surface area is 119 Å². The molecule has 4 nitrogen and oxygen atoms in total. The van der Waals surface area contributed by atoms with Crippen LogP contribution in [-0.4, -0.2) is 25.5 Å². The standard InChI is InChI=1S/C16H20O4/c1-13(2)16(18)20-11-5-3-4-10-19-15-8-6-14(12-17)7-9-15/h6-9,12H,1,3-5,10-11H2,2H3. The fourth-order valence-electron chi connectivity index (χ4n) is 1.50. The summed E-state index contributed by atoms with van der Waals surface area (Å²) in [7, 11) is 0. The van der Waals surface area contributed by atoms with Gasteiger partial charge in [0, 0.05) is 11.1 Å². The smallest absolute Gasteiger partial charge is 0.333 e. The Kier molecular flexibility index (Phi) is 7.11. The molecule has 0 unspecified atom stereocenters. The molecule has 0 saturated heterocycles. The van der Waals surface area contributed by atoms with Gasteiger partial charge in [0.15, 0.2) is 0 Å². The van der Waals surface area contributed by atoms with Crippen LogP contribution >= 0.6 is 0 Å². The van der Waals surface area contributed by atoms with Gasteiger partial charge in [0.1, 0.15) is 12.0 Å². The maximum Gasteiger partial charge on any atom is 0.333 e. The number of hydrogen-bond acceptors (Lipinski definition) is 4. The highest BCUT2D eigenvalue weighted by Crippen LogP contribution is 2.11. The molecule has 0 heterocycles. The number of aldehydes is 1. The van der Waals surface area contributed by atoms with Crippen LogP contribution in [0.5, 0.6) is 5.75 Å². The minimum Gasteiger partial charge on any atom is -0.494 e. The van der Waals surface area contributed by atoms with Gasteiger partial charge in [-0.15, -0.1) is 0 Å². The molecule has 0 atom stereocenters. The molecular weight excluding hydrogens is 256 g/mol. The lowest BCUT2D eigenvalue weighted by Crippen LogP contribution is -2.06. The van der Waals surface area contributed by atoms with Crippen LogP contribution in [0.15, 0.2) is 36.4 Å². The molecule has 1 aromatic rings. The Bertz CT molecular complexity index is 448. The molecule has 0 radical (unpaired) electrons. The van der Waals surface area contributed by atoms with Crippen molar-refractivity contribution in [1.82, 2.24) is 0 Å². The van der Waals surface area contributed by atoms with Crippen LogP contribution in [0, 0.1) is 0 Å². The lowest BCUT2D eigenvalue weighted by atomic mass is 10.2. The highest BCUT2D eigenvalue weighted by Gasteiger charge is 2.01. The minimum absolute atomic E-state index is 0.337. The normalized spacial score (nSPS) is 9.85. The molecule has 1 rings (SSSR count). The summed E-state index contributed by atoms with van der Waals surface area (Å²) in [6, 6.07) is 7.00. The average Bonchev–Trinajstić information content (AvgIpc) is 2.46. The summed E-state index contributed by atoms with van der Waals surface area (Å²) >= 11 is 0. The number of hydrogen-bond donors (Lipinski definition) is 0. The number of ether oxygens (including phenoxy) is 2. The van der Waals surface area contributed by atoms with Crippen molar-refractivity contribution in [2.75, 3.05) is 13.2 Å². The Morgan fingerprint density at radius 1 is 1.15 bits per heavy atom. The molecule has 0 fully saturated rings. The van der Waals surface area contributed by atoms with Crippen LogP contribution in [-0.2, 0) is 9.53 Å². The maximum absolute atomic E-state index is 11.1. The third kappa shape index (κ3) is 6.18. The van der Waals surface area contributed by atoms with E-state index in [1.807, 2.05) is 0 Å². The molecule has 0 N–H and O–H groups in total. The van der Waals surface area contributed by atoms with Gasteiger partial charge in [-0.05, 0) is 50.5 Å². The Morgan fingerprint density at radius 2 is 1.80 bits per heavy atom. The van der Waals surface area contributed by atoms with Crippen LogP contribution in [0.25, 0.3) is 0 Å². The second-order valence-electron chi connectivity index (χ2n) is 4.51. The molecular formula is C16H20O4. The van der Waals surface area contributed by atoms with E-state index in [-0.39, 0.29) is 5.97 Å². The molecule has 0 aromatic heterocycles. The molecule has 0 amide bonds. The summed E-state index contributed by atoms with van der Waals surface area (Å²) in [6.45, 7) is 6.17. The predicted molar refractivity (Wildman–Crippen MR) is 76.9 cm³/mol. The summed E-state index contributed by atoms with van der Waals surface area (Å²) < 4.78 is 10.5. The number of esters is 1. The van der Waals surface area contributed by atoms with Crippen molar-refractivity contribution in [2.45, 2.75) is 26.2 Å². The van der Waals surface area contributed by atoms with Gasteiger partial charge in [-0.1, -0.05) is 6.58 Å². The van der Waals surface area contributed by atoms with Crippen molar-refractivity contribution in [1.29, 1.82) is 0 Å². The van der Waals surface area contributed by atoms with E-state index >= 15 is 0 Å². The molecule has 108 valence electrons. The van der Waals surface area contributed by atoms with Crippen LogP contribution in [0.1, 0.15) is 36.5 Å². The SMILES string of the molecule is C=C(C)C(=O)OCCCCCOc1ccc(C=O)cc1. The van der Waals surface area contributed by atoms with Gasteiger partial charge in [0.25, 0.3) is 0 Å². The largest absolute Gasteiger partial charge is 0.494 e. The zero-order chi connectivity index (χ0) is 14.8. The summed E-state index contributed by atoms with van der Waals surface area (Å²) in [6.07, 6.45) is 3.43. The summed E-state index contributed by atoms with van der Waals surface area (Å²) in [5.41, 5.74) is 1.06. The Morgan fingerprint density at radius 3 is 2.40 bits per heavy atom. The number of unbranched alkanes of at least 4 members (excludes halogenated alkanes) is 2. The third-order valence-electron chi connectivity index (χ3n) is 2.66. The minimum atomic E-state index is -0.337. The van der Waals surface area contributed by atoms with Gasteiger partial charge in [0.2, 0.25) is 0 Å². The van der Waals surface area contributed by atoms with Crippen LogP contribution in [0.3, 0.4) is 0 Å². The van der Waals surface area contributed by atoms with Crippen molar-refractivity contribution < 1.29 is 19.1 Å². The fraction of sp³-hybridized carbons (Fsp3) is 0.375. The lowest BCUT2D eigenvalue weighted by molar-refractivity contribution is -0.139. The van der Waals surface area contributed by atoms with E-state index in [9.17, 15) is 9.59 Å². The topological polar surface area (TPSA) is 52.6 Å². The number of carbonyl (C=O) groups is 2. The summed E-state index contributed by atoms with van der Waals surface area (Å²) in [4.78, 5) is 21.6. The monoisotopic (exact) mass is 276 g/mol. The van der Waals surface area contributed by atoms with Gasteiger partial charge in [-0.2, -0.15) is 0 Å². The van der Waals surface area contributed by atoms with E-state index in [2.05, 4.69) is 6.58 Å². The second-order valence-corrected chi connectivity index (χ2v) is 4.51. The zero-order valence-electron chi connectivity index (χ0n) is 11.8. The van der Waals surface area contributed by atoms with E-state index in [1.165, 1.54) is 0 Å². The molecule has 0 aliphatic heterocycles. The molecule has 0 saturated carbocycles. The number of benzene rings is 1. The zero-order valence-corrected chi connectivity index (χ0v) is 11.8. The molecule has 0 aliphatic rings. The second kappa shape index (κ2) is 8.91. The van der Waals surface area contributed by atoms with Gasteiger partial charge in [0.05, 0.1) is 13.2 Å². The van der Waals surface area contributed by atoms with Crippen molar-refractivity contribution in [2.24, 2.45) is 0 Å². The highest BCUT2D eigenvalue weighted by atomic mass is 16.5. The van der Waals surface area contributed by atoms with Crippen molar-refractivity contribution in [3.8, 4) is 5.75 Å². The molecule has 0 aliphatic carbocycles. The van der Waals surface area contributed by atoms with Gasteiger partial charge < -0.3 is 9.47 Å². The summed E-state index contributed by atoms with van der Waals surface area (Å²) in [5.74, 6) is 0.417. The van der Waals surface area contributed by atoms with Crippen LogP contribution in [0.4, 0.5) is 0 Å². The van der Waals surface area contributed by atoms with Gasteiger partial charge in [-0.3, -0.25) is 4.79 Å². The van der Waals surface area contributed by atoms with E-state index < -0.39 is 0 Å². The molecule has 1 aromatic carbocycles. The molecule has 0 spiro atoms. The first-order valence-electron chi connectivity index (χ1n) is 6.64. The van der Waals surface area contributed by atoms with Gasteiger partial charge >= 0.3 is 5.97 Å². The first-order chi connectivity index (χ1) is 9.63. The van der Waals surface area contributed by atoms with Crippen molar-refractivity contribution >= 4 is 12.3 Å². The molecule has 0 bridgehead atoms.